The van der Waals surface area contributed by atoms with Crippen LogP contribution >= 0.6 is 0 Å². The van der Waals surface area contributed by atoms with Gasteiger partial charge in [-0.2, -0.15) is 5.26 Å². The van der Waals surface area contributed by atoms with E-state index >= 15 is 0 Å². The molecule has 3 amide bonds. The molecule has 1 aromatic heterocycles. The lowest BCUT2D eigenvalue weighted by atomic mass is 9.79. The second-order valence-electron chi connectivity index (χ2n) is 10.9. The minimum atomic E-state index is -0.797. The monoisotopic (exact) mass is 493 g/mol. The van der Waals surface area contributed by atoms with Gasteiger partial charge in [-0.05, 0) is 55.2 Å². The molecule has 0 saturated carbocycles. The number of nitrogens with one attached hydrogen (secondary N) is 3. The predicted molar refractivity (Wildman–Crippen MR) is 135 cm³/mol. The molecule has 36 heavy (non-hydrogen) atoms. The summed E-state index contributed by atoms with van der Waals surface area (Å²) in [5.41, 5.74) is 1.06. The number of hydrogen-bond acceptors (Lipinski definition) is 5. The maximum atomic E-state index is 13.7. The summed E-state index contributed by atoms with van der Waals surface area (Å²) in [6.45, 7) is 7.40. The zero-order chi connectivity index (χ0) is 26.0. The number of fused-ring (bicyclic) bond motifs is 1. The third-order valence-corrected chi connectivity index (χ3v) is 7.56. The van der Waals surface area contributed by atoms with Gasteiger partial charge in [0.1, 0.15) is 23.5 Å². The van der Waals surface area contributed by atoms with Gasteiger partial charge in [0.25, 0.3) is 5.91 Å². The van der Waals surface area contributed by atoms with Crippen LogP contribution in [0.3, 0.4) is 0 Å². The summed E-state index contributed by atoms with van der Waals surface area (Å²) >= 11 is 0. The molecule has 4 rings (SSSR count). The van der Waals surface area contributed by atoms with Crippen LogP contribution in [0.5, 0.6) is 5.75 Å². The smallest absolute Gasteiger partial charge is 0.270 e. The topological polar surface area (TPSA) is 127 Å². The number of benzene rings is 1. The molecule has 0 aliphatic carbocycles. The van der Waals surface area contributed by atoms with E-state index in [2.05, 4.69) is 42.5 Å². The maximum absolute atomic E-state index is 13.7. The highest BCUT2D eigenvalue weighted by atomic mass is 16.5. The van der Waals surface area contributed by atoms with Crippen molar-refractivity contribution in [3.63, 3.8) is 0 Å². The number of carbonyl (C=O) groups is 3. The van der Waals surface area contributed by atoms with Gasteiger partial charge in [0.15, 0.2) is 0 Å². The number of hydrogen-bond donors (Lipinski definition) is 3. The number of nitriles is 1. The zero-order valence-corrected chi connectivity index (χ0v) is 21.4. The minimum absolute atomic E-state index is 0.0737. The average molecular weight is 494 g/mol. The van der Waals surface area contributed by atoms with Crippen molar-refractivity contribution in [3.05, 3.63) is 30.0 Å². The summed E-state index contributed by atoms with van der Waals surface area (Å²) in [7, 11) is 1.58. The SMILES string of the molecule is COc1cccc2[nH]c(C(=O)N3CC(C(C)(C)C)C[C@H]3C(=O)N[C@H](C#N)C[C@@H]3CCCNC3=O)cc12. The quantitative estimate of drug-likeness (QED) is 0.570. The van der Waals surface area contributed by atoms with Crippen molar-refractivity contribution in [2.45, 2.75) is 58.5 Å². The Morgan fingerprint density at radius 3 is 2.78 bits per heavy atom. The van der Waals surface area contributed by atoms with Crippen molar-refractivity contribution in [3.8, 4) is 11.8 Å². The van der Waals surface area contributed by atoms with Crippen LogP contribution < -0.4 is 15.4 Å². The van der Waals surface area contributed by atoms with Gasteiger partial charge < -0.3 is 25.3 Å². The number of aromatic nitrogens is 1. The Morgan fingerprint density at radius 2 is 2.11 bits per heavy atom. The maximum Gasteiger partial charge on any atom is 0.270 e. The summed E-state index contributed by atoms with van der Waals surface area (Å²) in [6.07, 6.45) is 2.33. The molecule has 2 aliphatic heterocycles. The summed E-state index contributed by atoms with van der Waals surface area (Å²) < 4.78 is 5.43. The number of amides is 3. The van der Waals surface area contributed by atoms with E-state index < -0.39 is 12.1 Å². The molecule has 3 N–H and O–H groups in total. The zero-order valence-electron chi connectivity index (χ0n) is 21.4. The Labute approximate surface area is 211 Å². The van der Waals surface area contributed by atoms with Crippen LogP contribution in [0.1, 0.15) is 56.9 Å². The van der Waals surface area contributed by atoms with Crippen LogP contribution in [0.15, 0.2) is 24.3 Å². The fraction of sp³-hybridized carbons (Fsp3) is 0.556. The van der Waals surface area contributed by atoms with E-state index in [1.54, 1.807) is 18.1 Å². The molecule has 2 saturated heterocycles. The summed E-state index contributed by atoms with van der Waals surface area (Å²) in [4.78, 5) is 44.1. The third-order valence-electron chi connectivity index (χ3n) is 7.56. The second kappa shape index (κ2) is 10.2. The van der Waals surface area contributed by atoms with Crippen LogP contribution in [0.25, 0.3) is 10.9 Å². The van der Waals surface area contributed by atoms with Gasteiger partial charge in [0, 0.05) is 29.9 Å². The highest BCUT2D eigenvalue weighted by Crippen LogP contribution is 2.38. The molecule has 3 heterocycles. The van der Waals surface area contributed by atoms with E-state index in [4.69, 9.17) is 4.74 Å². The van der Waals surface area contributed by atoms with Crippen LogP contribution in [0, 0.1) is 28.6 Å². The lowest BCUT2D eigenvalue weighted by molar-refractivity contribution is -0.128. The Hall–Kier alpha value is -3.54. The minimum Gasteiger partial charge on any atom is -0.496 e. The molecule has 1 aromatic carbocycles. The molecular weight excluding hydrogens is 458 g/mol. The Kier molecular flexibility index (Phi) is 7.25. The van der Waals surface area contributed by atoms with Gasteiger partial charge in [-0.15, -0.1) is 0 Å². The summed E-state index contributed by atoms with van der Waals surface area (Å²) in [5.74, 6) is -0.216. The van der Waals surface area contributed by atoms with Gasteiger partial charge in [-0.1, -0.05) is 26.8 Å². The lowest BCUT2D eigenvalue weighted by Crippen LogP contribution is -2.49. The number of aromatic amines is 1. The molecular formula is C27H35N5O4. The van der Waals surface area contributed by atoms with E-state index in [0.717, 1.165) is 17.3 Å². The van der Waals surface area contributed by atoms with Gasteiger partial charge in [0.2, 0.25) is 11.8 Å². The number of H-pyrrole nitrogens is 1. The molecule has 4 atom stereocenters. The van der Waals surface area contributed by atoms with E-state index in [1.807, 2.05) is 18.2 Å². The number of likely N-dealkylation sites (tertiary alicyclic amines) is 1. The van der Waals surface area contributed by atoms with Gasteiger partial charge in [-0.3, -0.25) is 14.4 Å². The van der Waals surface area contributed by atoms with Gasteiger partial charge >= 0.3 is 0 Å². The average Bonchev–Trinajstić information content (AvgIpc) is 3.49. The summed E-state index contributed by atoms with van der Waals surface area (Å²) in [5, 5.41) is 16.2. The lowest BCUT2D eigenvalue weighted by Gasteiger charge is -2.27. The standard InChI is InChI=1S/C27H35N5O4/c1-27(2,3)17-12-22(25(34)30-18(14-28)11-16-7-6-10-29-24(16)33)32(15-17)26(35)21-13-19-20(31-21)8-5-9-23(19)36-4/h5,8-9,13,16-18,22,31H,6-7,10-12,15H2,1-4H3,(H,29,33)(H,30,34)/t16-,17?,18-,22-/m0/s1. The molecule has 2 aliphatic rings. The van der Waals surface area contributed by atoms with E-state index in [9.17, 15) is 19.6 Å². The molecule has 1 unspecified atom stereocenters. The second-order valence-corrected chi connectivity index (χ2v) is 10.9. The van der Waals surface area contributed by atoms with Crippen LogP contribution in [-0.4, -0.2) is 59.9 Å². The van der Waals surface area contributed by atoms with Crippen molar-refractivity contribution in [1.29, 1.82) is 5.26 Å². The molecule has 9 heteroatoms. The molecule has 192 valence electrons. The molecule has 0 spiro atoms. The first-order chi connectivity index (χ1) is 17.1. The summed E-state index contributed by atoms with van der Waals surface area (Å²) in [6, 6.07) is 7.95. The molecule has 0 radical (unpaired) electrons. The highest BCUT2D eigenvalue weighted by molar-refractivity contribution is 6.01. The van der Waals surface area contributed by atoms with E-state index in [1.165, 1.54) is 0 Å². The Bertz CT molecular complexity index is 1190. The fourth-order valence-corrected chi connectivity index (χ4v) is 5.27. The largest absolute Gasteiger partial charge is 0.496 e. The predicted octanol–water partition coefficient (Wildman–Crippen LogP) is 2.98. The Balaban J connectivity index is 1.55. The van der Waals surface area contributed by atoms with Gasteiger partial charge in [-0.25, -0.2) is 0 Å². The molecule has 2 aromatic rings. The van der Waals surface area contributed by atoms with Crippen LogP contribution in [0.2, 0.25) is 0 Å². The number of ether oxygens (including phenoxy) is 1. The molecule has 9 nitrogen and oxygen atoms in total. The third kappa shape index (κ3) is 5.18. The van der Waals surface area contributed by atoms with Crippen molar-refractivity contribution in [2.24, 2.45) is 17.3 Å². The number of rotatable bonds is 6. The first-order valence-corrected chi connectivity index (χ1v) is 12.6. The Morgan fingerprint density at radius 1 is 1.33 bits per heavy atom. The molecule has 0 bridgehead atoms. The normalized spacial score (nSPS) is 23.1. The number of nitrogens with zero attached hydrogens (tertiary/aromatic N) is 2. The fourth-order valence-electron chi connectivity index (χ4n) is 5.27. The molecule has 2 fully saturated rings. The van der Waals surface area contributed by atoms with Crippen molar-refractivity contribution in [1.82, 2.24) is 20.5 Å². The first kappa shape index (κ1) is 25.5. The van der Waals surface area contributed by atoms with Gasteiger partial charge in [0.05, 0.1) is 13.2 Å². The first-order valence-electron chi connectivity index (χ1n) is 12.6. The van der Waals surface area contributed by atoms with Crippen LogP contribution in [0.4, 0.5) is 0 Å². The van der Waals surface area contributed by atoms with E-state index in [-0.39, 0.29) is 41.4 Å². The van der Waals surface area contributed by atoms with Crippen molar-refractivity contribution >= 4 is 28.6 Å². The highest BCUT2D eigenvalue weighted by Gasteiger charge is 2.44. The van der Waals surface area contributed by atoms with Crippen molar-refractivity contribution < 1.29 is 19.1 Å². The van der Waals surface area contributed by atoms with Crippen molar-refractivity contribution in [2.75, 3.05) is 20.2 Å². The number of carbonyl (C=O) groups excluding carboxylic acids is 3. The van der Waals surface area contributed by atoms with E-state index in [0.29, 0.717) is 37.4 Å². The number of piperidine rings is 1. The number of methoxy groups -OCH3 is 1. The van der Waals surface area contributed by atoms with Crippen LogP contribution in [-0.2, 0) is 9.59 Å².